The van der Waals surface area contributed by atoms with Gasteiger partial charge in [0.2, 0.25) is 0 Å². The Morgan fingerprint density at radius 2 is 2.00 bits per heavy atom. The van der Waals surface area contributed by atoms with E-state index in [1.165, 1.54) is 24.0 Å². The van der Waals surface area contributed by atoms with Gasteiger partial charge in [0.25, 0.3) is 0 Å². The molecule has 0 aromatic heterocycles. The molecule has 0 atom stereocenters. The molecule has 0 saturated carbocycles. The topological polar surface area (TPSA) is 12.0 Å². The van der Waals surface area contributed by atoms with Crippen molar-refractivity contribution in [2.45, 2.75) is 40.5 Å². The first-order valence-electron chi connectivity index (χ1n) is 6.30. The van der Waals surface area contributed by atoms with Crippen LogP contribution in [0.2, 0.25) is 0 Å². The fraction of sp³-hybridized carbons (Fsp3) is 0.600. The highest BCUT2D eigenvalue weighted by Crippen LogP contribution is 2.25. The van der Waals surface area contributed by atoms with Gasteiger partial charge in [-0.1, -0.05) is 50.6 Å². The van der Waals surface area contributed by atoms with Crippen molar-refractivity contribution in [1.29, 1.82) is 0 Å². The molecule has 0 radical (unpaired) electrons. The van der Waals surface area contributed by atoms with Gasteiger partial charge in [0.15, 0.2) is 0 Å². The van der Waals surface area contributed by atoms with Crippen molar-refractivity contribution in [1.82, 2.24) is 5.32 Å². The molecule has 0 saturated heterocycles. The Labute approximate surface area is 100 Å². The largest absolute Gasteiger partial charge is 0.317 e. The van der Waals surface area contributed by atoms with Gasteiger partial charge >= 0.3 is 0 Å². The summed E-state index contributed by atoms with van der Waals surface area (Å²) in [5.74, 6) is 0. The van der Waals surface area contributed by atoms with E-state index >= 15 is 0 Å². The van der Waals surface area contributed by atoms with Crippen LogP contribution in [-0.2, 0) is 6.42 Å². The van der Waals surface area contributed by atoms with Crippen molar-refractivity contribution in [2.24, 2.45) is 5.41 Å². The Bertz CT molecular complexity index is 315. The summed E-state index contributed by atoms with van der Waals surface area (Å²) in [5, 5.41) is 3.40. The van der Waals surface area contributed by atoms with Crippen molar-refractivity contribution >= 4 is 0 Å². The molecule has 1 rings (SSSR count). The SMILES string of the molecule is CCNCCC(C)(C)Cc1cccc(C)c1. The summed E-state index contributed by atoms with van der Waals surface area (Å²) < 4.78 is 0. The van der Waals surface area contributed by atoms with E-state index < -0.39 is 0 Å². The zero-order valence-corrected chi connectivity index (χ0v) is 11.1. The third-order valence-electron chi connectivity index (χ3n) is 2.99. The highest BCUT2D eigenvalue weighted by molar-refractivity contribution is 5.23. The van der Waals surface area contributed by atoms with E-state index in [9.17, 15) is 0 Å². The zero-order chi connectivity index (χ0) is 12.0. The van der Waals surface area contributed by atoms with Gasteiger partial charge in [0.1, 0.15) is 0 Å². The molecule has 1 aromatic rings. The first-order chi connectivity index (χ1) is 7.53. The molecule has 0 fully saturated rings. The molecule has 1 N–H and O–H groups in total. The molecule has 1 heteroatoms. The molecule has 0 bridgehead atoms. The van der Waals surface area contributed by atoms with Crippen molar-refractivity contribution in [3.63, 3.8) is 0 Å². The van der Waals surface area contributed by atoms with Crippen LogP contribution >= 0.6 is 0 Å². The fourth-order valence-electron chi connectivity index (χ4n) is 2.07. The number of benzene rings is 1. The van der Waals surface area contributed by atoms with Gasteiger partial charge in [-0.3, -0.25) is 0 Å². The van der Waals surface area contributed by atoms with Crippen LogP contribution in [0.25, 0.3) is 0 Å². The van der Waals surface area contributed by atoms with E-state index in [4.69, 9.17) is 0 Å². The summed E-state index contributed by atoms with van der Waals surface area (Å²) in [6.07, 6.45) is 2.40. The number of hydrogen-bond donors (Lipinski definition) is 1. The number of hydrogen-bond acceptors (Lipinski definition) is 1. The molecule has 1 aromatic carbocycles. The van der Waals surface area contributed by atoms with E-state index in [1.807, 2.05) is 0 Å². The van der Waals surface area contributed by atoms with Gasteiger partial charge in [0.05, 0.1) is 0 Å². The van der Waals surface area contributed by atoms with E-state index in [1.54, 1.807) is 0 Å². The summed E-state index contributed by atoms with van der Waals surface area (Å²) in [7, 11) is 0. The molecular weight excluding hydrogens is 194 g/mol. The maximum atomic E-state index is 3.40. The molecule has 1 nitrogen and oxygen atoms in total. The lowest BCUT2D eigenvalue weighted by Crippen LogP contribution is -2.23. The number of nitrogens with one attached hydrogen (secondary N) is 1. The minimum atomic E-state index is 0.385. The summed E-state index contributed by atoms with van der Waals surface area (Å²) in [5.41, 5.74) is 3.21. The molecule has 90 valence electrons. The first-order valence-corrected chi connectivity index (χ1v) is 6.30. The predicted octanol–water partition coefficient (Wildman–Crippen LogP) is 3.56. The third-order valence-corrected chi connectivity index (χ3v) is 2.99. The second-order valence-electron chi connectivity index (χ2n) is 5.43. The minimum absolute atomic E-state index is 0.385. The average Bonchev–Trinajstić information content (AvgIpc) is 2.17. The van der Waals surface area contributed by atoms with Crippen LogP contribution in [0.1, 0.15) is 38.3 Å². The Hall–Kier alpha value is -0.820. The second-order valence-corrected chi connectivity index (χ2v) is 5.43. The van der Waals surface area contributed by atoms with Crippen LogP contribution < -0.4 is 5.32 Å². The van der Waals surface area contributed by atoms with E-state index in [-0.39, 0.29) is 0 Å². The lowest BCUT2D eigenvalue weighted by Gasteiger charge is -2.25. The zero-order valence-electron chi connectivity index (χ0n) is 11.1. The molecule has 0 unspecified atom stereocenters. The lowest BCUT2D eigenvalue weighted by molar-refractivity contribution is 0.327. The van der Waals surface area contributed by atoms with Crippen LogP contribution in [0, 0.1) is 12.3 Å². The van der Waals surface area contributed by atoms with Crippen LogP contribution in [0.15, 0.2) is 24.3 Å². The van der Waals surface area contributed by atoms with E-state index in [0.717, 1.165) is 13.1 Å². The molecule has 0 spiro atoms. The maximum absolute atomic E-state index is 3.40. The van der Waals surface area contributed by atoms with Gasteiger partial charge in [0, 0.05) is 0 Å². The normalized spacial score (nSPS) is 11.8. The van der Waals surface area contributed by atoms with Crippen LogP contribution in [0.4, 0.5) is 0 Å². The molecule has 0 amide bonds. The third kappa shape index (κ3) is 4.80. The fourth-order valence-corrected chi connectivity index (χ4v) is 2.07. The highest BCUT2D eigenvalue weighted by atomic mass is 14.8. The van der Waals surface area contributed by atoms with Crippen LogP contribution in [-0.4, -0.2) is 13.1 Å². The standard InChI is InChI=1S/C15H25N/c1-5-16-10-9-15(3,4)12-14-8-6-7-13(2)11-14/h6-8,11,16H,5,9-10,12H2,1-4H3. The van der Waals surface area contributed by atoms with Crippen molar-refractivity contribution < 1.29 is 0 Å². The monoisotopic (exact) mass is 219 g/mol. The average molecular weight is 219 g/mol. The van der Waals surface area contributed by atoms with Crippen LogP contribution in [0.3, 0.4) is 0 Å². The van der Waals surface area contributed by atoms with Crippen molar-refractivity contribution in [3.8, 4) is 0 Å². The molecule has 0 heterocycles. The van der Waals surface area contributed by atoms with Gasteiger partial charge < -0.3 is 5.32 Å². The summed E-state index contributed by atoms with van der Waals surface area (Å²) in [4.78, 5) is 0. The number of aryl methyl sites for hydroxylation is 1. The Morgan fingerprint density at radius 3 is 2.62 bits per heavy atom. The molecule has 0 aliphatic heterocycles. The Kier molecular flexibility index (Phi) is 5.01. The van der Waals surface area contributed by atoms with E-state index in [0.29, 0.717) is 5.41 Å². The lowest BCUT2D eigenvalue weighted by atomic mass is 9.82. The second kappa shape index (κ2) is 6.05. The molecular formula is C15H25N. The Morgan fingerprint density at radius 1 is 1.25 bits per heavy atom. The smallest absolute Gasteiger partial charge is 0.00438 e. The highest BCUT2D eigenvalue weighted by Gasteiger charge is 2.17. The van der Waals surface area contributed by atoms with Gasteiger partial charge in [-0.15, -0.1) is 0 Å². The van der Waals surface area contributed by atoms with Crippen molar-refractivity contribution in [2.75, 3.05) is 13.1 Å². The Balaban J connectivity index is 2.51. The van der Waals surface area contributed by atoms with Gasteiger partial charge in [-0.05, 0) is 43.8 Å². The minimum Gasteiger partial charge on any atom is -0.317 e. The first kappa shape index (κ1) is 13.2. The summed E-state index contributed by atoms with van der Waals surface area (Å²) in [6, 6.07) is 8.86. The van der Waals surface area contributed by atoms with Crippen molar-refractivity contribution in [3.05, 3.63) is 35.4 Å². The van der Waals surface area contributed by atoms with Gasteiger partial charge in [-0.2, -0.15) is 0 Å². The molecule has 0 aliphatic carbocycles. The van der Waals surface area contributed by atoms with E-state index in [2.05, 4.69) is 57.3 Å². The predicted molar refractivity (Wildman–Crippen MR) is 71.8 cm³/mol. The summed E-state index contributed by atoms with van der Waals surface area (Å²) in [6.45, 7) is 11.2. The summed E-state index contributed by atoms with van der Waals surface area (Å²) >= 11 is 0. The quantitative estimate of drug-likeness (QED) is 0.721. The van der Waals surface area contributed by atoms with Gasteiger partial charge in [-0.25, -0.2) is 0 Å². The maximum Gasteiger partial charge on any atom is -0.00438 e. The number of rotatable bonds is 6. The molecule has 16 heavy (non-hydrogen) atoms. The van der Waals surface area contributed by atoms with Crippen LogP contribution in [0.5, 0.6) is 0 Å². The molecule has 0 aliphatic rings.